The minimum atomic E-state index is -4.43. The minimum Gasteiger partial charge on any atom is -0.497 e. The summed E-state index contributed by atoms with van der Waals surface area (Å²) < 4.78 is 60.9. The van der Waals surface area contributed by atoms with Crippen LogP contribution in [-0.4, -0.2) is 17.4 Å². The SMILES string of the molecule is COc1cccc(-c2cc(/C(C)=N\OCc3cccc(C(F)(F)F)c3)c(C)n2-c2ccccc2F)c1. The Kier molecular flexibility index (Phi) is 7.15. The second-order valence-corrected chi connectivity index (χ2v) is 8.20. The number of methoxy groups -OCH3 is 1. The molecule has 0 atom stereocenters. The van der Waals surface area contributed by atoms with E-state index in [2.05, 4.69) is 5.16 Å². The smallest absolute Gasteiger partial charge is 0.416 e. The van der Waals surface area contributed by atoms with Crippen LogP contribution >= 0.6 is 0 Å². The van der Waals surface area contributed by atoms with Crippen molar-refractivity contribution >= 4 is 5.71 Å². The average molecular weight is 497 g/mol. The van der Waals surface area contributed by atoms with Gasteiger partial charge in [0.05, 0.1) is 29.8 Å². The first-order valence-corrected chi connectivity index (χ1v) is 11.1. The van der Waals surface area contributed by atoms with Crippen molar-refractivity contribution in [1.29, 1.82) is 0 Å². The van der Waals surface area contributed by atoms with Gasteiger partial charge < -0.3 is 14.1 Å². The van der Waals surface area contributed by atoms with E-state index in [1.807, 2.05) is 37.3 Å². The number of hydrogen-bond acceptors (Lipinski definition) is 3. The summed E-state index contributed by atoms with van der Waals surface area (Å²) in [6.45, 7) is 3.45. The van der Waals surface area contributed by atoms with E-state index in [1.54, 1.807) is 42.9 Å². The number of rotatable bonds is 7. The first kappa shape index (κ1) is 25.0. The normalized spacial score (nSPS) is 12.0. The van der Waals surface area contributed by atoms with Crippen LogP contribution in [0.2, 0.25) is 0 Å². The van der Waals surface area contributed by atoms with E-state index in [1.165, 1.54) is 12.1 Å². The van der Waals surface area contributed by atoms with E-state index in [-0.39, 0.29) is 12.4 Å². The molecular formula is C28H24F4N2O2. The zero-order valence-corrected chi connectivity index (χ0v) is 19.9. The summed E-state index contributed by atoms with van der Waals surface area (Å²) >= 11 is 0. The molecule has 3 aromatic carbocycles. The molecule has 0 fully saturated rings. The molecule has 0 amide bonds. The van der Waals surface area contributed by atoms with Crippen molar-refractivity contribution in [2.45, 2.75) is 26.6 Å². The van der Waals surface area contributed by atoms with E-state index < -0.39 is 11.7 Å². The Morgan fingerprint density at radius 2 is 1.69 bits per heavy atom. The first-order valence-electron chi connectivity index (χ1n) is 11.1. The molecule has 0 saturated heterocycles. The predicted molar refractivity (Wildman–Crippen MR) is 131 cm³/mol. The number of hydrogen-bond donors (Lipinski definition) is 0. The number of nitrogens with zero attached hydrogens (tertiary/aromatic N) is 2. The van der Waals surface area contributed by atoms with Crippen LogP contribution in [0.4, 0.5) is 17.6 Å². The average Bonchev–Trinajstić information content (AvgIpc) is 3.21. The van der Waals surface area contributed by atoms with Gasteiger partial charge in [0.15, 0.2) is 0 Å². The van der Waals surface area contributed by atoms with E-state index >= 15 is 0 Å². The summed E-state index contributed by atoms with van der Waals surface area (Å²) in [7, 11) is 1.57. The highest BCUT2D eigenvalue weighted by molar-refractivity contribution is 6.01. The van der Waals surface area contributed by atoms with Gasteiger partial charge in [-0.1, -0.05) is 41.6 Å². The van der Waals surface area contributed by atoms with Crippen LogP contribution in [0.15, 0.2) is 84.0 Å². The molecule has 186 valence electrons. The number of alkyl halides is 3. The summed E-state index contributed by atoms with van der Waals surface area (Å²) in [5, 5.41) is 4.14. The molecule has 4 aromatic rings. The van der Waals surface area contributed by atoms with E-state index in [0.717, 1.165) is 29.1 Å². The molecule has 0 N–H and O–H groups in total. The fourth-order valence-electron chi connectivity index (χ4n) is 4.00. The summed E-state index contributed by atoms with van der Waals surface area (Å²) in [5.41, 5.74) is 3.44. The highest BCUT2D eigenvalue weighted by Gasteiger charge is 2.30. The quantitative estimate of drug-likeness (QED) is 0.150. The van der Waals surface area contributed by atoms with Crippen molar-refractivity contribution in [2.24, 2.45) is 5.16 Å². The number of benzene rings is 3. The van der Waals surface area contributed by atoms with Gasteiger partial charge in [-0.2, -0.15) is 13.2 Å². The second kappa shape index (κ2) is 10.3. The highest BCUT2D eigenvalue weighted by atomic mass is 19.4. The molecule has 36 heavy (non-hydrogen) atoms. The van der Waals surface area contributed by atoms with Crippen molar-refractivity contribution < 1.29 is 27.1 Å². The van der Waals surface area contributed by atoms with Gasteiger partial charge in [-0.05, 0) is 61.9 Å². The molecule has 0 spiro atoms. The van der Waals surface area contributed by atoms with Crippen LogP contribution in [0, 0.1) is 12.7 Å². The number of oxime groups is 1. The standard InChI is InChI=1S/C28H24F4N2O2/c1-18(33-36-17-20-8-6-10-22(14-20)28(30,31)32)24-16-27(21-9-7-11-23(15-21)35-3)34(19(24)2)26-13-5-4-12-25(26)29/h4-16H,17H2,1-3H3/b33-18-. The van der Waals surface area contributed by atoms with Gasteiger partial charge in [0.2, 0.25) is 0 Å². The summed E-state index contributed by atoms with van der Waals surface area (Å²) in [6.07, 6.45) is -4.43. The van der Waals surface area contributed by atoms with Crippen LogP contribution in [0.3, 0.4) is 0 Å². The lowest BCUT2D eigenvalue weighted by Gasteiger charge is -2.14. The Morgan fingerprint density at radius 3 is 2.42 bits per heavy atom. The van der Waals surface area contributed by atoms with Gasteiger partial charge in [0.25, 0.3) is 0 Å². The van der Waals surface area contributed by atoms with Crippen LogP contribution < -0.4 is 4.74 Å². The Bertz CT molecular complexity index is 1410. The fraction of sp³-hybridized carbons (Fsp3) is 0.179. The lowest BCUT2D eigenvalue weighted by Crippen LogP contribution is -2.06. The molecule has 4 rings (SSSR count). The fourth-order valence-corrected chi connectivity index (χ4v) is 4.00. The lowest BCUT2D eigenvalue weighted by atomic mass is 10.1. The van der Waals surface area contributed by atoms with Crippen molar-refractivity contribution in [2.75, 3.05) is 7.11 Å². The molecule has 8 heteroatoms. The van der Waals surface area contributed by atoms with Gasteiger partial charge in [0.1, 0.15) is 18.2 Å². The molecule has 0 aliphatic heterocycles. The number of halogens is 4. The minimum absolute atomic E-state index is 0.128. The van der Waals surface area contributed by atoms with Crippen LogP contribution in [0.5, 0.6) is 5.75 Å². The maximum atomic E-state index is 14.8. The third-order valence-corrected chi connectivity index (χ3v) is 5.78. The molecular weight excluding hydrogens is 472 g/mol. The Labute approximate surface area is 206 Å². The monoisotopic (exact) mass is 496 g/mol. The van der Waals surface area contributed by atoms with Gasteiger partial charge >= 0.3 is 6.18 Å². The van der Waals surface area contributed by atoms with E-state index in [0.29, 0.717) is 28.3 Å². The zero-order chi connectivity index (χ0) is 25.9. The van der Waals surface area contributed by atoms with Crippen LogP contribution in [0.1, 0.15) is 29.3 Å². The van der Waals surface area contributed by atoms with E-state index in [4.69, 9.17) is 9.57 Å². The summed E-state index contributed by atoms with van der Waals surface area (Å²) in [5.74, 6) is 0.269. The van der Waals surface area contributed by atoms with Gasteiger partial charge in [0, 0.05) is 16.8 Å². The van der Waals surface area contributed by atoms with Crippen molar-refractivity contribution in [3.8, 4) is 22.7 Å². The van der Waals surface area contributed by atoms with Crippen molar-refractivity contribution in [3.63, 3.8) is 0 Å². The summed E-state index contributed by atoms with van der Waals surface area (Å²) in [6, 6.07) is 20.7. The molecule has 0 unspecified atom stereocenters. The molecule has 0 saturated carbocycles. The number of para-hydroxylation sites is 1. The molecule has 1 aromatic heterocycles. The number of aromatic nitrogens is 1. The van der Waals surface area contributed by atoms with Crippen LogP contribution in [-0.2, 0) is 17.6 Å². The maximum Gasteiger partial charge on any atom is 0.416 e. The van der Waals surface area contributed by atoms with Crippen molar-refractivity contribution in [1.82, 2.24) is 4.57 Å². The number of ether oxygens (including phenoxy) is 1. The molecule has 4 nitrogen and oxygen atoms in total. The van der Waals surface area contributed by atoms with Gasteiger partial charge in [-0.3, -0.25) is 0 Å². The molecule has 0 bridgehead atoms. The zero-order valence-electron chi connectivity index (χ0n) is 19.9. The largest absolute Gasteiger partial charge is 0.497 e. The highest BCUT2D eigenvalue weighted by Crippen LogP contribution is 2.33. The molecule has 1 heterocycles. The van der Waals surface area contributed by atoms with Crippen molar-refractivity contribution in [3.05, 3.63) is 107 Å². The molecule has 0 aliphatic rings. The third-order valence-electron chi connectivity index (χ3n) is 5.78. The topological polar surface area (TPSA) is 35.8 Å². The third kappa shape index (κ3) is 5.27. The Hall–Kier alpha value is -4.07. The second-order valence-electron chi connectivity index (χ2n) is 8.20. The molecule has 0 radical (unpaired) electrons. The lowest BCUT2D eigenvalue weighted by molar-refractivity contribution is -0.137. The van der Waals surface area contributed by atoms with Gasteiger partial charge in [-0.15, -0.1) is 0 Å². The maximum absolute atomic E-state index is 14.8. The Morgan fingerprint density at radius 1 is 0.944 bits per heavy atom. The Balaban J connectivity index is 1.70. The molecule has 0 aliphatic carbocycles. The van der Waals surface area contributed by atoms with Gasteiger partial charge in [-0.25, -0.2) is 4.39 Å². The van der Waals surface area contributed by atoms with E-state index in [9.17, 15) is 17.6 Å². The predicted octanol–water partition coefficient (Wildman–Crippen LogP) is 7.56. The first-order chi connectivity index (χ1) is 17.2. The van der Waals surface area contributed by atoms with Crippen LogP contribution in [0.25, 0.3) is 16.9 Å². The summed E-state index contributed by atoms with van der Waals surface area (Å²) in [4.78, 5) is 5.40.